The highest BCUT2D eigenvalue weighted by Gasteiger charge is 2.13. The molecule has 1 heterocycles. The first-order chi connectivity index (χ1) is 9.15. The Morgan fingerprint density at radius 3 is 2.79 bits per heavy atom. The highest BCUT2D eigenvalue weighted by atomic mass is 32.1. The van der Waals surface area contributed by atoms with Crippen LogP contribution >= 0.6 is 11.3 Å². The Bertz CT molecular complexity index is 563. The molecule has 2 aromatic rings. The second-order valence-corrected chi connectivity index (χ2v) is 5.60. The van der Waals surface area contributed by atoms with Crippen molar-refractivity contribution >= 4 is 11.3 Å². The average molecular weight is 276 g/mol. The van der Waals surface area contributed by atoms with E-state index in [0.717, 1.165) is 35.1 Å². The summed E-state index contributed by atoms with van der Waals surface area (Å²) in [7, 11) is 1.71. The van der Waals surface area contributed by atoms with Gasteiger partial charge in [0.15, 0.2) is 0 Å². The predicted molar refractivity (Wildman–Crippen MR) is 81.0 cm³/mol. The van der Waals surface area contributed by atoms with Crippen molar-refractivity contribution in [3.8, 4) is 16.3 Å². The fourth-order valence-electron chi connectivity index (χ4n) is 1.92. The molecule has 0 saturated carbocycles. The number of thiazole rings is 1. The normalized spacial score (nSPS) is 10.7. The first kappa shape index (κ1) is 14.0. The van der Waals surface area contributed by atoms with Crippen molar-refractivity contribution in [1.82, 2.24) is 10.3 Å². The molecule has 0 radical (unpaired) electrons. The molecule has 0 bridgehead atoms. The number of rotatable bonds is 5. The van der Waals surface area contributed by atoms with Gasteiger partial charge in [0.25, 0.3) is 0 Å². The Labute approximate surface area is 118 Å². The molecule has 1 N–H and O–H groups in total. The molecule has 102 valence electrons. The first-order valence-corrected chi connectivity index (χ1v) is 7.29. The molecule has 1 aromatic heterocycles. The van der Waals surface area contributed by atoms with Crippen molar-refractivity contribution in [3.63, 3.8) is 0 Å². The van der Waals surface area contributed by atoms with Gasteiger partial charge in [-0.2, -0.15) is 0 Å². The van der Waals surface area contributed by atoms with Crippen LogP contribution in [0.5, 0.6) is 5.75 Å². The molecular formula is C15H20N2OS. The van der Waals surface area contributed by atoms with Crippen LogP contribution in [0.25, 0.3) is 10.6 Å². The Hall–Kier alpha value is -1.39. The molecule has 0 unspecified atom stereocenters. The molecule has 0 aliphatic rings. The number of methoxy groups -OCH3 is 1. The summed E-state index contributed by atoms with van der Waals surface area (Å²) in [6, 6.07) is 6.23. The van der Waals surface area contributed by atoms with Crippen LogP contribution < -0.4 is 10.1 Å². The summed E-state index contributed by atoms with van der Waals surface area (Å²) < 4.78 is 5.46. The van der Waals surface area contributed by atoms with Crippen molar-refractivity contribution in [1.29, 1.82) is 0 Å². The largest absolute Gasteiger partial charge is 0.496 e. The number of aryl methyl sites for hydroxylation is 2. The van der Waals surface area contributed by atoms with E-state index >= 15 is 0 Å². The molecule has 2 rings (SSSR count). The summed E-state index contributed by atoms with van der Waals surface area (Å²) in [4.78, 5) is 5.96. The SMILES string of the molecule is CCNCc1sc(-c2ccc(C)cc2OC)nc1C. The lowest BCUT2D eigenvalue weighted by Crippen LogP contribution is -2.11. The fourth-order valence-corrected chi connectivity index (χ4v) is 2.98. The Balaban J connectivity index is 2.36. The number of nitrogens with zero attached hydrogens (tertiary/aromatic N) is 1. The van der Waals surface area contributed by atoms with Crippen LogP contribution in [0.1, 0.15) is 23.1 Å². The van der Waals surface area contributed by atoms with E-state index in [1.807, 2.05) is 0 Å². The fraction of sp³-hybridized carbons (Fsp3) is 0.400. The Kier molecular flexibility index (Phi) is 4.56. The standard InChI is InChI=1S/C15H20N2OS/c1-5-16-9-14-11(3)17-15(19-14)12-7-6-10(2)8-13(12)18-4/h6-8,16H,5,9H2,1-4H3. The smallest absolute Gasteiger partial charge is 0.129 e. The van der Waals surface area contributed by atoms with Gasteiger partial charge in [-0.05, 0) is 38.1 Å². The number of aromatic nitrogens is 1. The third-order valence-electron chi connectivity index (χ3n) is 3.02. The van der Waals surface area contributed by atoms with Crippen molar-refractivity contribution < 1.29 is 4.74 Å². The van der Waals surface area contributed by atoms with E-state index in [4.69, 9.17) is 4.74 Å². The zero-order valence-electron chi connectivity index (χ0n) is 11.9. The second-order valence-electron chi connectivity index (χ2n) is 4.51. The maximum atomic E-state index is 5.46. The van der Waals surface area contributed by atoms with Gasteiger partial charge >= 0.3 is 0 Å². The quantitative estimate of drug-likeness (QED) is 0.907. The third-order valence-corrected chi connectivity index (χ3v) is 4.21. The molecule has 3 nitrogen and oxygen atoms in total. The minimum atomic E-state index is 0.883. The van der Waals surface area contributed by atoms with Crippen LogP contribution in [-0.4, -0.2) is 18.6 Å². The molecule has 0 aliphatic heterocycles. The molecule has 0 spiro atoms. The topological polar surface area (TPSA) is 34.1 Å². The molecule has 0 amide bonds. The first-order valence-electron chi connectivity index (χ1n) is 6.47. The summed E-state index contributed by atoms with van der Waals surface area (Å²) in [6.07, 6.45) is 0. The van der Waals surface area contributed by atoms with E-state index in [9.17, 15) is 0 Å². The minimum absolute atomic E-state index is 0.883. The number of hydrogen-bond donors (Lipinski definition) is 1. The van der Waals surface area contributed by atoms with Crippen LogP contribution in [0, 0.1) is 13.8 Å². The van der Waals surface area contributed by atoms with Crippen molar-refractivity contribution in [3.05, 3.63) is 34.3 Å². The van der Waals surface area contributed by atoms with Crippen molar-refractivity contribution in [2.24, 2.45) is 0 Å². The van der Waals surface area contributed by atoms with E-state index in [-0.39, 0.29) is 0 Å². The van der Waals surface area contributed by atoms with Gasteiger partial charge in [-0.3, -0.25) is 0 Å². The lowest BCUT2D eigenvalue weighted by atomic mass is 10.1. The van der Waals surface area contributed by atoms with E-state index in [1.165, 1.54) is 10.4 Å². The molecule has 4 heteroatoms. The summed E-state index contributed by atoms with van der Waals surface area (Å²) in [5.41, 5.74) is 3.37. The molecule has 1 aromatic carbocycles. The number of benzene rings is 1. The van der Waals surface area contributed by atoms with Gasteiger partial charge in [0.1, 0.15) is 10.8 Å². The van der Waals surface area contributed by atoms with Crippen molar-refractivity contribution in [2.75, 3.05) is 13.7 Å². The predicted octanol–water partition coefficient (Wildman–Crippen LogP) is 3.55. The minimum Gasteiger partial charge on any atom is -0.496 e. The van der Waals surface area contributed by atoms with Crippen LogP contribution in [-0.2, 0) is 6.54 Å². The monoisotopic (exact) mass is 276 g/mol. The maximum absolute atomic E-state index is 5.46. The molecule has 0 saturated heterocycles. The van der Waals surface area contributed by atoms with Gasteiger partial charge in [0, 0.05) is 11.4 Å². The third kappa shape index (κ3) is 3.14. The summed E-state index contributed by atoms with van der Waals surface area (Å²) in [5, 5.41) is 4.38. The Morgan fingerprint density at radius 1 is 1.32 bits per heavy atom. The van der Waals surface area contributed by atoms with Gasteiger partial charge in [0.2, 0.25) is 0 Å². The summed E-state index contributed by atoms with van der Waals surface area (Å²) >= 11 is 1.73. The molecule has 0 atom stereocenters. The zero-order valence-corrected chi connectivity index (χ0v) is 12.7. The van der Waals surface area contributed by atoms with E-state index in [2.05, 4.69) is 49.3 Å². The van der Waals surface area contributed by atoms with Crippen LogP contribution in [0.2, 0.25) is 0 Å². The molecule has 0 aliphatic carbocycles. The number of nitrogens with one attached hydrogen (secondary N) is 1. The highest BCUT2D eigenvalue weighted by molar-refractivity contribution is 7.15. The highest BCUT2D eigenvalue weighted by Crippen LogP contribution is 2.34. The summed E-state index contributed by atoms with van der Waals surface area (Å²) in [5.74, 6) is 0.892. The lowest BCUT2D eigenvalue weighted by Gasteiger charge is -2.06. The van der Waals surface area contributed by atoms with Crippen LogP contribution in [0.4, 0.5) is 0 Å². The van der Waals surface area contributed by atoms with E-state index in [0.29, 0.717) is 0 Å². The number of hydrogen-bond acceptors (Lipinski definition) is 4. The van der Waals surface area contributed by atoms with Gasteiger partial charge < -0.3 is 10.1 Å². The van der Waals surface area contributed by atoms with Crippen LogP contribution in [0.3, 0.4) is 0 Å². The summed E-state index contributed by atoms with van der Waals surface area (Å²) in [6.45, 7) is 8.10. The van der Waals surface area contributed by atoms with E-state index in [1.54, 1.807) is 18.4 Å². The Morgan fingerprint density at radius 2 is 2.11 bits per heavy atom. The van der Waals surface area contributed by atoms with Gasteiger partial charge in [-0.1, -0.05) is 13.0 Å². The molecule has 0 fully saturated rings. The van der Waals surface area contributed by atoms with Crippen molar-refractivity contribution in [2.45, 2.75) is 27.3 Å². The average Bonchev–Trinajstić information content (AvgIpc) is 2.77. The van der Waals surface area contributed by atoms with E-state index < -0.39 is 0 Å². The number of ether oxygens (including phenoxy) is 1. The second kappa shape index (κ2) is 6.17. The van der Waals surface area contributed by atoms with Gasteiger partial charge in [0.05, 0.1) is 18.4 Å². The zero-order chi connectivity index (χ0) is 13.8. The van der Waals surface area contributed by atoms with Crippen LogP contribution in [0.15, 0.2) is 18.2 Å². The molecule has 19 heavy (non-hydrogen) atoms. The maximum Gasteiger partial charge on any atom is 0.129 e. The van der Waals surface area contributed by atoms with Gasteiger partial charge in [-0.25, -0.2) is 4.98 Å². The molecular weight excluding hydrogens is 256 g/mol. The lowest BCUT2D eigenvalue weighted by molar-refractivity contribution is 0.416. The van der Waals surface area contributed by atoms with Gasteiger partial charge in [-0.15, -0.1) is 11.3 Å².